The van der Waals surface area contributed by atoms with Gasteiger partial charge < -0.3 is 4.57 Å². The first-order valence-electron chi connectivity index (χ1n) is 6.05. The molecule has 0 unspecified atom stereocenters. The lowest BCUT2D eigenvalue weighted by Gasteiger charge is -2.06. The van der Waals surface area contributed by atoms with E-state index in [2.05, 4.69) is 4.57 Å². The Morgan fingerprint density at radius 3 is 2.58 bits per heavy atom. The van der Waals surface area contributed by atoms with Crippen LogP contribution in [0.15, 0.2) is 54.7 Å². The molecule has 2 aromatic carbocycles. The zero-order valence-electron chi connectivity index (χ0n) is 10.2. The van der Waals surface area contributed by atoms with E-state index in [0.717, 1.165) is 28.8 Å². The van der Waals surface area contributed by atoms with Crippen molar-refractivity contribution in [3.05, 3.63) is 70.9 Å². The van der Waals surface area contributed by atoms with Crippen LogP contribution in [0.3, 0.4) is 0 Å². The van der Waals surface area contributed by atoms with Gasteiger partial charge in [0, 0.05) is 34.2 Å². The second-order valence-corrected chi connectivity index (χ2v) is 4.94. The van der Waals surface area contributed by atoms with Crippen molar-refractivity contribution in [2.45, 2.75) is 6.54 Å². The predicted octanol–water partition coefficient (Wildman–Crippen LogP) is 4.16. The average Bonchev–Trinajstić information content (AvgIpc) is 2.83. The maximum atomic E-state index is 10.8. The summed E-state index contributed by atoms with van der Waals surface area (Å²) >= 11 is 5.88. The Balaban J connectivity index is 1.97. The van der Waals surface area contributed by atoms with E-state index in [-0.39, 0.29) is 0 Å². The molecule has 3 rings (SSSR count). The van der Waals surface area contributed by atoms with Crippen molar-refractivity contribution >= 4 is 28.8 Å². The Morgan fingerprint density at radius 1 is 1.05 bits per heavy atom. The summed E-state index contributed by atoms with van der Waals surface area (Å²) < 4.78 is 2.16. The number of nitrogens with zero attached hydrogens (tertiary/aromatic N) is 1. The molecule has 3 heteroatoms. The summed E-state index contributed by atoms with van der Waals surface area (Å²) in [6.45, 7) is 0.793. The number of benzene rings is 2. The molecule has 19 heavy (non-hydrogen) atoms. The van der Waals surface area contributed by atoms with Crippen LogP contribution in [0.2, 0.25) is 5.02 Å². The van der Waals surface area contributed by atoms with Crippen LogP contribution in [0, 0.1) is 0 Å². The molecule has 2 nitrogen and oxygen atoms in total. The Morgan fingerprint density at radius 2 is 1.84 bits per heavy atom. The molecule has 0 spiro atoms. The van der Waals surface area contributed by atoms with Crippen molar-refractivity contribution in [1.82, 2.24) is 4.57 Å². The van der Waals surface area contributed by atoms with Gasteiger partial charge in [0.25, 0.3) is 0 Å². The van der Waals surface area contributed by atoms with Gasteiger partial charge in [-0.3, -0.25) is 4.79 Å². The van der Waals surface area contributed by atoms with Crippen LogP contribution in [0.5, 0.6) is 0 Å². The van der Waals surface area contributed by atoms with Gasteiger partial charge in [0.15, 0.2) is 0 Å². The van der Waals surface area contributed by atoms with E-state index in [1.54, 1.807) is 0 Å². The molecule has 0 radical (unpaired) electrons. The Labute approximate surface area is 116 Å². The largest absolute Gasteiger partial charge is 0.343 e. The van der Waals surface area contributed by atoms with Crippen LogP contribution in [-0.2, 0) is 6.54 Å². The van der Waals surface area contributed by atoms with Crippen LogP contribution in [0.4, 0.5) is 0 Å². The maximum absolute atomic E-state index is 10.8. The molecule has 0 N–H and O–H groups in total. The first-order valence-corrected chi connectivity index (χ1v) is 6.42. The van der Waals surface area contributed by atoms with Gasteiger partial charge in [-0.2, -0.15) is 0 Å². The normalized spacial score (nSPS) is 10.8. The van der Waals surface area contributed by atoms with Crippen molar-refractivity contribution in [3.8, 4) is 0 Å². The molecule has 0 atom stereocenters. The lowest BCUT2D eigenvalue weighted by molar-refractivity contribution is 0.112. The lowest BCUT2D eigenvalue weighted by Crippen LogP contribution is -1.97. The molecule has 0 aliphatic heterocycles. The smallest absolute Gasteiger partial charge is 0.150 e. The minimum absolute atomic E-state index is 0.705. The predicted molar refractivity (Wildman–Crippen MR) is 77.9 cm³/mol. The van der Waals surface area contributed by atoms with Gasteiger partial charge in [-0.05, 0) is 42.0 Å². The highest BCUT2D eigenvalue weighted by Crippen LogP contribution is 2.19. The molecule has 0 aliphatic rings. The number of aromatic nitrogens is 1. The van der Waals surface area contributed by atoms with Crippen molar-refractivity contribution in [2.75, 3.05) is 0 Å². The van der Waals surface area contributed by atoms with E-state index < -0.39 is 0 Å². The van der Waals surface area contributed by atoms with Crippen molar-refractivity contribution in [1.29, 1.82) is 0 Å². The lowest BCUT2D eigenvalue weighted by atomic mass is 10.2. The molecule has 1 heterocycles. The third-order valence-corrected chi connectivity index (χ3v) is 3.45. The van der Waals surface area contributed by atoms with E-state index in [1.807, 2.05) is 54.7 Å². The number of halogens is 1. The van der Waals surface area contributed by atoms with Crippen molar-refractivity contribution in [3.63, 3.8) is 0 Å². The van der Waals surface area contributed by atoms with E-state index in [1.165, 1.54) is 5.56 Å². The third-order valence-electron chi connectivity index (χ3n) is 3.20. The Bertz CT molecular complexity index is 728. The van der Waals surface area contributed by atoms with Crippen molar-refractivity contribution in [2.24, 2.45) is 0 Å². The SMILES string of the molecule is O=Cc1ccc2c(ccn2Cc2ccc(Cl)cc2)c1. The number of fused-ring (bicyclic) bond motifs is 1. The minimum Gasteiger partial charge on any atom is -0.343 e. The molecule has 0 amide bonds. The molecule has 0 bridgehead atoms. The molecule has 1 aromatic heterocycles. The highest BCUT2D eigenvalue weighted by molar-refractivity contribution is 6.30. The summed E-state index contributed by atoms with van der Waals surface area (Å²) in [5, 5.41) is 1.83. The second-order valence-electron chi connectivity index (χ2n) is 4.51. The Kier molecular flexibility index (Phi) is 3.10. The quantitative estimate of drug-likeness (QED) is 0.655. The van der Waals surface area contributed by atoms with E-state index in [0.29, 0.717) is 5.56 Å². The van der Waals surface area contributed by atoms with Crippen LogP contribution >= 0.6 is 11.6 Å². The van der Waals surface area contributed by atoms with E-state index in [4.69, 9.17) is 11.6 Å². The number of carbonyl (C=O) groups excluding carboxylic acids is 1. The van der Waals surface area contributed by atoms with Gasteiger partial charge in [-0.15, -0.1) is 0 Å². The minimum atomic E-state index is 0.705. The summed E-state index contributed by atoms with van der Waals surface area (Å²) in [4.78, 5) is 10.8. The van der Waals surface area contributed by atoms with Gasteiger partial charge in [0.2, 0.25) is 0 Å². The summed E-state index contributed by atoms with van der Waals surface area (Å²) in [6.07, 6.45) is 2.91. The standard InChI is InChI=1S/C16H12ClNO/c17-15-4-1-12(2-5-15)10-18-8-7-14-9-13(11-19)3-6-16(14)18/h1-9,11H,10H2. The molecular formula is C16H12ClNO. The molecule has 0 saturated carbocycles. The molecule has 0 saturated heterocycles. The topological polar surface area (TPSA) is 22.0 Å². The monoisotopic (exact) mass is 269 g/mol. The number of aldehydes is 1. The summed E-state index contributed by atoms with van der Waals surface area (Å²) in [5.74, 6) is 0. The fraction of sp³-hybridized carbons (Fsp3) is 0.0625. The zero-order valence-corrected chi connectivity index (χ0v) is 11.0. The first kappa shape index (κ1) is 12.0. The highest BCUT2D eigenvalue weighted by atomic mass is 35.5. The fourth-order valence-electron chi connectivity index (χ4n) is 2.22. The number of carbonyl (C=O) groups is 1. The summed E-state index contributed by atoms with van der Waals surface area (Å²) in [7, 11) is 0. The van der Waals surface area contributed by atoms with Gasteiger partial charge in [-0.1, -0.05) is 23.7 Å². The van der Waals surface area contributed by atoms with Crippen LogP contribution in [0.1, 0.15) is 15.9 Å². The van der Waals surface area contributed by atoms with Crippen LogP contribution < -0.4 is 0 Å². The van der Waals surface area contributed by atoms with Crippen LogP contribution in [-0.4, -0.2) is 10.9 Å². The van der Waals surface area contributed by atoms with Gasteiger partial charge in [0.1, 0.15) is 6.29 Å². The van der Waals surface area contributed by atoms with Gasteiger partial charge in [0.05, 0.1) is 0 Å². The zero-order chi connectivity index (χ0) is 13.2. The molecule has 94 valence electrons. The van der Waals surface area contributed by atoms with Crippen molar-refractivity contribution < 1.29 is 4.79 Å². The molecule has 0 fully saturated rings. The molecule has 3 aromatic rings. The van der Waals surface area contributed by atoms with E-state index in [9.17, 15) is 4.79 Å². The van der Waals surface area contributed by atoms with Crippen LogP contribution in [0.25, 0.3) is 10.9 Å². The summed E-state index contributed by atoms with van der Waals surface area (Å²) in [6, 6.07) is 15.6. The summed E-state index contributed by atoms with van der Waals surface area (Å²) in [5.41, 5.74) is 3.03. The number of hydrogen-bond acceptors (Lipinski definition) is 1. The van der Waals surface area contributed by atoms with Gasteiger partial charge in [-0.25, -0.2) is 0 Å². The second kappa shape index (κ2) is 4.90. The molecule has 0 aliphatic carbocycles. The first-order chi connectivity index (χ1) is 9.26. The Hall–Kier alpha value is -2.06. The van der Waals surface area contributed by atoms with E-state index >= 15 is 0 Å². The average molecular weight is 270 g/mol. The number of hydrogen-bond donors (Lipinski definition) is 0. The fourth-order valence-corrected chi connectivity index (χ4v) is 2.34. The number of rotatable bonds is 3. The maximum Gasteiger partial charge on any atom is 0.150 e. The van der Waals surface area contributed by atoms with Gasteiger partial charge >= 0.3 is 0 Å². The third kappa shape index (κ3) is 2.40. The highest BCUT2D eigenvalue weighted by Gasteiger charge is 2.03. The molecular weight excluding hydrogens is 258 g/mol.